The molecule has 1 aromatic rings. The van der Waals surface area contributed by atoms with Crippen LogP contribution < -0.4 is 11.1 Å². The summed E-state index contributed by atoms with van der Waals surface area (Å²) < 4.78 is 23.4. The van der Waals surface area contributed by atoms with E-state index in [2.05, 4.69) is 5.32 Å². The highest BCUT2D eigenvalue weighted by Crippen LogP contribution is 2.16. The Hall–Kier alpha value is -1.15. The van der Waals surface area contributed by atoms with Crippen LogP contribution in [0.15, 0.2) is 29.2 Å². The average Bonchev–Trinajstić information content (AvgIpc) is 2.36. The molecule has 1 unspecified atom stereocenters. The van der Waals surface area contributed by atoms with E-state index in [-0.39, 0.29) is 23.7 Å². The van der Waals surface area contributed by atoms with E-state index >= 15 is 0 Å². The first-order valence-electron chi connectivity index (χ1n) is 5.55. The Bertz CT molecular complexity index is 476. The number of sulfone groups is 1. The van der Waals surface area contributed by atoms with Crippen molar-refractivity contribution in [3.8, 4) is 0 Å². The molecule has 6 nitrogen and oxygen atoms in total. The normalized spacial score (nSPS) is 13.3. The molecule has 102 valence electrons. The highest BCUT2D eigenvalue weighted by atomic mass is 32.2. The summed E-state index contributed by atoms with van der Waals surface area (Å²) in [7, 11) is -3.45. The molecule has 0 spiro atoms. The Labute approximate surface area is 106 Å². The van der Waals surface area contributed by atoms with Gasteiger partial charge in [0.05, 0.1) is 23.4 Å². The van der Waals surface area contributed by atoms with Gasteiger partial charge in [-0.2, -0.15) is 0 Å². The van der Waals surface area contributed by atoms with E-state index in [0.29, 0.717) is 5.69 Å². The van der Waals surface area contributed by atoms with Gasteiger partial charge in [0, 0.05) is 18.8 Å². The first-order chi connectivity index (χ1) is 8.49. The van der Waals surface area contributed by atoms with E-state index in [1.807, 2.05) is 0 Å². The lowest BCUT2D eigenvalue weighted by molar-refractivity contribution is 0.196. The molecule has 0 aliphatic carbocycles. The van der Waals surface area contributed by atoms with Crippen LogP contribution in [0.2, 0.25) is 0 Å². The number of hydrogen-bond acceptors (Lipinski definition) is 6. The molecule has 1 aromatic carbocycles. The standard InChI is InChI=1S/C11H18N2O4S/c12-7-10(15)8-13-9-2-1-3-11(6-9)18(16,17)5-4-14/h1-3,6,10,13-15H,4-5,7-8,12H2. The Balaban J connectivity index is 2.80. The fourth-order valence-corrected chi connectivity index (χ4v) is 2.43. The second kappa shape index (κ2) is 6.69. The van der Waals surface area contributed by atoms with Gasteiger partial charge in [-0.25, -0.2) is 8.42 Å². The van der Waals surface area contributed by atoms with Gasteiger partial charge in [0.25, 0.3) is 0 Å². The first kappa shape index (κ1) is 14.9. The number of hydrogen-bond donors (Lipinski definition) is 4. The SMILES string of the molecule is NCC(O)CNc1cccc(S(=O)(=O)CCO)c1. The molecule has 18 heavy (non-hydrogen) atoms. The monoisotopic (exact) mass is 274 g/mol. The van der Waals surface area contributed by atoms with Crippen molar-refractivity contribution in [2.75, 3.05) is 30.8 Å². The number of rotatable bonds is 7. The largest absolute Gasteiger partial charge is 0.395 e. The first-order valence-corrected chi connectivity index (χ1v) is 7.20. The molecular weight excluding hydrogens is 256 g/mol. The predicted molar refractivity (Wildman–Crippen MR) is 69.1 cm³/mol. The van der Waals surface area contributed by atoms with Gasteiger partial charge in [0.2, 0.25) is 0 Å². The second-order valence-electron chi connectivity index (χ2n) is 3.84. The van der Waals surface area contributed by atoms with Crippen LogP contribution in [0.5, 0.6) is 0 Å². The summed E-state index contributed by atoms with van der Waals surface area (Å²) in [6, 6.07) is 6.23. The summed E-state index contributed by atoms with van der Waals surface area (Å²) in [6.45, 7) is -0.0264. The van der Waals surface area contributed by atoms with E-state index in [1.54, 1.807) is 12.1 Å². The molecule has 0 radical (unpaired) electrons. The van der Waals surface area contributed by atoms with Gasteiger partial charge in [-0.3, -0.25) is 0 Å². The fourth-order valence-electron chi connectivity index (χ4n) is 1.36. The fraction of sp³-hybridized carbons (Fsp3) is 0.455. The molecule has 1 atom stereocenters. The van der Waals surface area contributed by atoms with Crippen molar-refractivity contribution in [3.63, 3.8) is 0 Å². The Morgan fingerprint density at radius 2 is 2.11 bits per heavy atom. The lowest BCUT2D eigenvalue weighted by Gasteiger charge is -2.11. The lowest BCUT2D eigenvalue weighted by Crippen LogP contribution is -2.27. The van der Waals surface area contributed by atoms with E-state index in [1.165, 1.54) is 12.1 Å². The lowest BCUT2D eigenvalue weighted by atomic mass is 10.3. The van der Waals surface area contributed by atoms with E-state index in [4.69, 9.17) is 10.8 Å². The third kappa shape index (κ3) is 4.26. The minimum atomic E-state index is -3.45. The highest BCUT2D eigenvalue weighted by molar-refractivity contribution is 7.91. The second-order valence-corrected chi connectivity index (χ2v) is 5.95. The maximum atomic E-state index is 11.7. The third-order valence-electron chi connectivity index (χ3n) is 2.37. The number of anilines is 1. The van der Waals surface area contributed by atoms with Gasteiger partial charge in [0.15, 0.2) is 9.84 Å². The van der Waals surface area contributed by atoms with Crippen molar-refractivity contribution >= 4 is 15.5 Å². The minimum absolute atomic E-state index is 0.134. The van der Waals surface area contributed by atoms with Gasteiger partial charge in [-0.05, 0) is 18.2 Å². The molecular formula is C11H18N2O4S. The number of benzene rings is 1. The Kier molecular flexibility index (Phi) is 5.54. The van der Waals surface area contributed by atoms with Crippen LogP contribution in [0, 0.1) is 0 Å². The molecule has 0 saturated carbocycles. The minimum Gasteiger partial charge on any atom is -0.395 e. The Morgan fingerprint density at radius 3 is 2.72 bits per heavy atom. The molecule has 7 heteroatoms. The van der Waals surface area contributed by atoms with Crippen LogP contribution in [0.25, 0.3) is 0 Å². The summed E-state index contributed by atoms with van der Waals surface area (Å²) in [4.78, 5) is 0.142. The van der Waals surface area contributed by atoms with Crippen LogP contribution in [0.1, 0.15) is 0 Å². The molecule has 0 amide bonds. The van der Waals surface area contributed by atoms with Crippen LogP contribution in [-0.4, -0.2) is 50.2 Å². The van der Waals surface area contributed by atoms with Crippen LogP contribution in [0.3, 0.4) is 0 Å². The molecule has 0 heterocycles. The molecule has 0 aliphatic rings. The van der Waals surface area contributed by atoms with Crippen molar-refractivity contribution in [1.29, 1.82) is 0 Å². The van der Waals surface area contributed by atoms with Gasteiger partial charge < -0.3 is 21.3 Å². The summed E-state index contributed by atoms with van der Waals surface area (Å²) >= 11 is 0. The van der Waals surface area contributed by atoms with Gasteiger partial charge in [0.1, 0.15) is 0 Å². The predicted octanol–water partition coefficient (Wildman–Crippen LogP) is -0.816. The van der Waals surface area contributed by atoms with Crippen molar-refractivity contribution in [2.24, 2.45) is 5.73 Å². The summed E-state index contributed by atoms with van der Waals surface area (Å²) in [5.41, 5.74) is 5.85. The molecule has 0 bridgehead atoms. The highest BCUT2D eigenvalue weighted by Gasteiger charge is 2.13. The van der Waals surface area contributed by atoms with Gasteiger partial charge >= 0.3 is 0 Å². The van der Waals surface area contributed by atoms with E-state index in [9.17, 15) is 13.5 Å². The van der Waals surface area contributed by atoms with Gasteiger partial charge in [-0.1, -0.05) is 6.07 Å². The number of nitrogens with one attached hydrogen (secondary N) is 1. The third-order valence-corrected chi connectivity index (χ3v) is 4.06. The summed E-state index contributed by atoms with van der Waals surface area (Å²) in [6.07, 6.45) is -0.678. The zero-order valence-corrected chi connectivity index (χ0v) is 10.7. The smallest absolute Gasteiger partial charge is 0.180 e. The van der Waals surface area contributed by atoms with Crippen molar-refractivity contribution in [1.82, 2.24) is 0 Å². The van der Waals surface area contributed by atoms with Crippen LogP contribution >= 0.6 is 0 Å². The molecule has 0 saturated heterocycles. The molecule has 1 rings (SSSR count). The summed E-state index contributed by atoms with van der Waals surface area (Å²) in [5.74, 6) is -0.304. The quantitative estimate of drug-likeness (QED) is 0.517. The van der Waals surface area contributed by atoms with Crippen LogP contribution in [0.4, 0.5) is 5.69 Å². The maximum absolute atomic E-state index is 11.7. The zero-order valence-electron chi connectivity index (χ0n) is 9.91. The zero-order chi connectivity index (χ0) is 13.6. The number of aliphatic hydroxyl groups excluding tert-OH is 2. The number of aliphatic hydroxyl groups is 2. The van der Waals surface area contributed by atoms with Crippen molar-refractivity contribution in [3.05, 3.63) is 24.3 Å². The topological polar surface area (TPSA) is 113 Å². The van der Waals surface area contributed by atoms with E-state index in [0.717, 1.165) is 0 Å². The molecule has 0 aromatic heterocycles. The summed E-state index contributed by atoms with van der Waals surface area (Å²) in [5, 5.41) is 20.9. The molecule has 0 aliphatic heterocycles. The van der Waals surface area contributed by atoms with E-state index < -0.39 is 22.5 Å². The average molecular weight is 274 g/mol. The molecule has 0 fully saturated rings. The van der Waals surface area contributed by atoms with Gasteiger partial charge in [-0.15, -0.1) is 0 Å². The molecule has 5 N–H and O–H groups in total. The van der Waals surface area contributed by atoms with Crippen molar-refractivity contribution in [2.45, 2.75) is 11.0 Å². The Morgan fingerprint density at radius 1 is 1.39 bits per heavy atom. The maximum Gasteiger partial charge on any atom is 0.180 e. The van der Waals surface area contributed by atoms with Crippen molar-refractivity contribution < 1.29 is 18.6 Å². The van der Waals surface area contributed by atoms with Crippen LogP contribution in [-0.2, 0) is 9.84 Å². The number of nitrogens with two attached hydrogens (primary N) is 1.